The van der Waals surface area contributed by atoms with Crippen molar-refractivity contribution in [2.24, 2.45) is 0 Å². The number of fused-ring (bicyclic) bond motifs is 3. The maximum atomic E-state index is 13.3. The third-order valence-corrected chi connectivity index (χ3v) is 7.36. The molecule has 4 rings (SSSR count). The van der Waals surface area contributed by atoms with Gasteiger partial charge in [-0.1, -0.05) is 11.8 Å². The maximum absolute atomic E-state index is 13.3. The van der Waals surface area contributed by atoms with Crippen LogP contribution in [0.4, 0.5) is 0 Å². The summed E-state index contributed by atoms with van der Waals surface area (Å²) in [5, 5.41) is 1.42. The second-order valence-corrected chi connectivity index (χ2v) is 9.04. The normalized spacial score (nSPS) is 16.7. The molecule has 3 heterocycles. The van der Waals surface area contributed by atoms with Crippen molar-refractivity contribution < 1.29 is 14.3 Å². The summed E-state index contributed by atoms with van der Waals surface area (Å²) in [6.07, 6.45) is 3.86. The number of aryl methyl sites for hydroxylation is 2. The SMILES string of the molecule is COCCCn1c(SCC(=O)N2CCOCC2)nc2sc3c(c2c1=O)CCC3. The van der Waals surface area contributed by atoms with Crippen molar-refractivity contribution >= 4 is 39.2 Å². The van der Waals surface area contributed by atoms with Crippen molar-refractivity contribution in [2.75, 3.05) is 45.8 Å². The van der Waals surface area contributed by atoms with Gasteiger partial charge in [0.25, 0.3) is 5.56 Å². The molecular formula is C19H25N3O4S2. The highest BCUT2D eigenvalue weighted by Gasteiger charge is 2.24. The van der Waals surface area contributed by atoms with E-state index in [1.165, 1.54) is 22.2 Å². The Morgan fingerprint density at radius 3 is 2.93 bits per heavy atom. The van der Waals surface area contributed by atoms with Crippen molar-refractivity contribution in [3.8, 4) is 0 Å². The number of morpholine rings is 1. The molecule has 0 N–H and O–H groups in total. The topological polar surface area (TPSA) is 73.7 Å². The van der Waals surface area contributed by atoms with E-state index in [2.05, 4.69) is 0 Å². The summed E-state index contributed by atoms with van der Waals surface area (Å²) in [6.45, 7) is 3.57. The van der Waals surface area contributed by atoms with E-state index in [1.54, 1.807) is 23.0 Å². The second kappa shape index (κ2) is 8.94. The van der Waals surface area contributed by atoms with Gasteiger partial charge >= 0.3 is 0 Å². The van der Waals surface area contributed by atoms with E-state index in [9.17, 15) is 9.59 Å². The molecule has 0 aromatic carbocycles. The third-order valence-electron chi connectivity index (χ3n) is 5.21. The third kappa shape index (κ3) is 3.98. The van der Waals surface area contributed by atoms with Crippen molar-refractivity contribution in [2.45, 2.75) is 37.4 Å². The van der Waals surface area contributed by atoms with Crippen LogP contribution in [0.25, 0.3) is 10.2 Å². The first-order chi connectivity index (χ1) is 13.7. The van der Waals surface area contributed by atoms with Crippen LogP contribution >= 0.6 is 23.1 Å². The number of ether oxygens (including phenoxy) is 2. The van der Waals surface area contributed by atoms with Gasteiger partial charge < -0.3 is 14.4 Å². The van der Waals surface area contributed by atoms with Crippen LogP contribution in [0.3, 0.4) is 0 Å². The standard InChI is InChI=1S/C19H25N3O4S2/c1-25-9-3-6-22-18(24)16-13-4-2-5-14(13)28-17(16)20-19(22)27-12-15(23)21-7-10-26-11-8-21/h2-12H2,1H3. The monoisotopic (exact) mass is 423 g/mol. The maximum Gasteiger partial charge on any atom is 0.263 e. The van der Waals surface area contributed by atoms with Crippen LogP contribution in [0.2, 0.25) is 0 Å². The first kappa shape index (κ1) is 19.9. The number of hydrogen-bond donors (Lipinski definition) is 0. The minimum Gasteiger partial charge on any atom is -0.385 e. The molecule has 7 nitrogen and oxygen atoms in total. The molecule has 1 amide bonds. The van der Waals surface area contributed by atoms with E-state index < -0.39 is 0 Å². The summed E-state index contributed by atoms with van der Waals surface area (Å²) in [5.74, 6) is 0.354. The molecule has 2 aromatic heterocycles. The second-order valence-electron chi connectivity index (χ2n) is 7.02. The van der Waals surface area contributed by atoms with Crippen molar-refractivity contribution in [1.29, 1.82) is 0 Å². The molecule has 1 aliphatic carbocycles. The molecule has 0 atom stereocenters. The lowest BCUT2D eigenvalue weighted by Gasteiger charge is -2.26. The van der Waals surface area contributed by atoms with Crippen molar-refractivity contribution in [1.82, 2.24) is 14.5 Å². The highest BCUT2D eigenvalue weighted by Crippen LogP contribution is 2.35. The smallest absolute Gasteiger partial charge is 0.263 e. The van der Waals surface area contributed by atoms with Gasteiger partial charge in [0.2, 0.25) is 5.91 Å². The van der Waals surface area contributed by atoms with Gasteiger partial charge in [-0.2, -0.15) is 0 Å². The molecule has 28 heavy (non-hydrogen) atoms. The van der Waals surface area contributed by atoms with E-state index in [1.807, 2.05) is 4.90 Å². The quantitative estimate of drug-likeness (QED) is 0.385. The average Bonchev–Trinajstić information content (AvgIpc) is 3.29. The van der Waals surface area contributed by atoms with Crippen molar-refractivity contribution in [3.63, 3.8) is 0 Å². The van der Waals surface area contributed by atoms with Crippen LogP contribution in [0.5, 0.6) is 0 Å². The van der Waals surface area contributed by atoms with Crippen molar-refractivity contribution in [3.05, 3.63) is 20.8 Å². The molecule has 0 spiro atoms. The Morgan fingerprint density at radius 2 is 2.14 bits per heavy atom. The predicted octanol–water partition coefficient (Wildman–Crippen LogP) is 1.93. The number of thioether (sulfide) groups is 1. The average molecular weight is 424 g/mol. The Labute approximate surface area is 172 Å². The summed E-state index contributed by atoms with van der Waals surface area (Å²) >= 11 is 3.00. The van der Waals surface area contributed by atoms with Gasteiger partial charge in [0, 0.05) is 38.2 Å². The van der Waals surface area contributed by atoms with Gasteiger partial charge in [0.15, 0.2) is 5.16 Å². The molecule has 0 bridgehead atoms. The number of methoxy groups -OCH3 is 1. The molecule has 0 radical (unpaired) electrons. The summed E-state index contributed by atoms with van der Waals surface area (Å²) in [5.41, 5.74) is 1.22. The largest absolute Gasteiger partial charge is 0.385 e. The molecule has 0 unspecified atom stereocenters. The van der Waals surface area contributed by atoms with Crippen LogP contribution in [0.15, 0.2) is 9.95 Å². The Kier molecular flexibility index (Phi) is 6.35. The number of nitrogens with zero attached hydrogens (tertiary/aromatic N) is 3. The molecule has 2 aliphatic rings. The van der Waals surface area contributed by atoms with E-state index in [0.717, 1.165) is 35.9 Å². The molecule has 0 saturated carbocycles. The Bertz CT molecular complexity index is 918. The number of hydrogen-bond acceptors (Lipinski definition) is 7. The van der Waals surface area contributed by atoms with Crippen LogP contribution in [-0.4, -0.2) is 66.1 Å². The van der Waals surface area contributed by atoms with E-state index >= 15 is 0 Å². The summed E-state index contributed by atoms with van der Waals surface area (Å²) in [6, 6.07) is 0. The predicted molar refractivity (Wildman–Crippen MR) is 111 cm³/mol. The molecular weight excluding hydrogens is 398 g/mol. The highest BCUT2D eigenvalue weighted by molar-refractivity contribution is 7.99. The number of amides is 1. The van der Waals surface area contributed by atoms with Gasteiger partial charge in [-0.25, -0.2) is 4.98 Å². The minimum absolute atomic E-state index is 0.0295. The minimum atomic E-state index is 0.0295. The highest BCUT2D eigenvalue weighted by atomic mass is 32.2. The summed E-state index contributed by atoms with van der Waals surface area (Å²) in [4.78, 5) is 34.5. The van der Waals surface area contributed by atoms with Crippen LogP contribution < -0.4 is 5.56 Å². The lowest BCUT2D eigenvalue weighted by Crippen LogP contribution is -2.41. The van der Waals surface area contributed by atoms with Gasteiger partial charge in [-0.3, -0.25) is 14.2 Å². The number of rotatable bonds is 7. The number of carbonyl (C=O) groups excluding carboxylic acids is 1. The molecule has 1 fully saturated rings. The van der Waals surface area contributed by atoms with E-state index in [0.29, 0.717) is 44.6 Å². The van der Waals surface area contributed by atoms with Gasteiger partial charge in [0.05, 0.1) is 24.4 Å². The molecule has 1 aliphatic heterocycles. The summed E-state index contributed by atoms with van der Waals surface area (Å²) in [7, 11) is 1.66. The lowest BCUT2D eigenvalue weighted by molar-refractivity contribution is -0.132. The molecule has 152 valence electrons. The first-order valence-electron chi connectivity index (χ1n) is 9.71. The van der Waals surface area contributed by atoms with E-state index in [-0.39, 0.29) is 17.2 Å². The zero-order chi connectivity index (χ0) is 19.5. The van der Waals surface area contributed by atoms with Gasteiger partial charge in [-0.15, -0.1) is 11.3 Å². The van der Waals surface area contributed by atoms with E-state index in [4.69, 9.17) is 14.5 Å². The fourth-order valence-corrected chi connectivity index (χ4v) is 5.99. The molecule has 1 saturated heterocycles. The lowest BCUT2D eigenvalue weighted by atomic mass is 10.2. The van der Waals surface area contributed by atoms with Gasteiger partial charge in [0.1, 0.15) is 4.83 Å². The number of carbonyl (C=O) groups is 1. The number of thiophene rings is 1. The molecule has 2 aromatic rings. The van der Waals surface area contributed by atoms with Gasteiger partial charge in [-0.05, 0) is 31.2 Å². The number of aromatic nitrogens is 2. The Hall–Kier alpha value is -1.42. The van der Waals surface area contributed by atoms with Crippen LogP contribution in [0.1, 0.15) is 23.3 Å². The zero-order valence-electron chi connectivity index (χ0n) is 16.1. The first-order valence-corrected chi connectivity index (χ1v) is 11.5. The fourth-order valence-electron chi connectivity index (χ4n) is 3.76. The van der Waals surface area contributed by atoms with Crippen LogP contribution in [0, 0.1) is 0 Å². The fraction of sp³-hybridized carbons (Fsp3) is 0.632. The van der Waals surface area contributed by atoms with Crippen LogP contribution in [-0.2, 0) is 33.7 Å². The summed E-state index contributed by atoms with van der Waals surface area (Å²) < 4.78 is 12.2. The Morgan fingerprint density at radius 1 is 1.32 bits per heavy atom. The Balaban J connectivity index is 1.60. The zero-order valence-corrected chi connectivity index (χ0v) is 17.7. The molecule has 9 heteroatoms.